The Morgan fingerprint density at radius 1 is 1.12 bits per heavy atom. The molecular weight excluding hydrogens is 298 g/mol. The van der Waals surface area contributed by atoms with E-state index < -0.39 is 0 Å². The quantitative estimate of drug-likeness (QED) is 0.558. The first-order chi connectivity index (χ1) is 11.5. The van der Waals surface area contributed by atoms with E-state index >= 15 is 0 Å². The first kappa shape index (κ1) is 16.0. The Morgan fingerprint density at radius 2 is 1.92 bits per heavy atom. The summed E-state index contributed by atoms with van der Waals surface area (Å²) in [6.45, 7) is 6.11. The van der Waals surface area contributed by atoms with E-state index in [-0.39, 0.29) is 5.91 Å². The van der Waals surface area contributed by atoms with Crippen LogP contribution >= 0.6 is 0 Å². The Balaban J connectivity index is 1.68. The number of rotatable bonds is 4. The number of aromatic nitrogens is 1. The molecule has 4 nitrogen and oxygen atoms in total. The number of hydrogen-bond donors (Lipinski definition) is 2. The lowest BCUT2D eigenvalue weighted by atomic mass is 10.0. The van der Waals surface area contributed by atoms with Crippen LogP contribution in [0, 0.1) is 20.8 Å². The number of nitrogens with one attached hydrogen (secondary N) is 2. The van der Waals surface area contributed by atoms with Crippen molar-refractivity contribution in [3.05, 3.63) is 70.4 Å². The van der Waals surface area contributed by atoms with Crippen molar-refractivity contribution in [2.75, 3.05) is 0 Å². The minimum Gasteiger partial charge on any atom is -0.358 e. The highest BCUT2D eigenvalue weighted by atomic mass is 16.2. The maximum absolute atomic E-state index is 12.1. The summed E-state index contributed by atoms with van der Waals surface area (Å²) in [4.78, 5) is 15.4. The molecule has 0 aliphatic rings. The van der Waals surface area contributed by atoms with Gasteiger partial charge in [0.15, 0.2) is 0 Å². The SMILES string of the molecule is Cc1ccc(CC(=O)N/N=C\c2c(C)[nH]c3ccccc23)cc1C. The molecule has 0 saturated heterocycles. The first-order valence-electron chi connectivity index (χ1n) is 8.00. The second-order valence-electron chi connectivity index (χ2n) is 6.10. The van der Waals surface area contributed by atoms with E-state index in [4.69, 9.17) is 0 Å². The van der Waals surface area contributed by atoms with Crippen LogP contribution in [-0.2, 0) is 11.2 Å². The molecule has 1 amide bonds. The third kappa shape index (κ3) is 3.38. The monoisotopic (exact) mass is 319 g/mol. The van der Waals surface area contributed by atoms with Crippen LogP contribution in [0.4, 0.5) is 0 Å². The number of amides is 1. The van der Waals surface area contributed by atoms with Gasteiger partial charge in [0.05, 0.1) is 12.6 Å². The molecule has 2 aromatic carbocycles. The Hall–Kier alpha value is -2.88. The molecule has 2 N–H and O–H groups in total. The lowest BCUT2D eigenvalue weighted by Gasteiger charge is -2.04. The van der Waals surface area contributed by atoms with E-state index in [1.807, 2.05) is 49.4 Å². The van der Waals surface area contributed by atoms with Gasteiger partial charge in [-0.25, -0.2) is 5.43 Å². The molecule has 0 spiro atoms. The maximum Gasteiger partial charge on any atom is 0.244 e. The van der Waals surface area contributed by atoms with Crippen LogP contribution in [0.1, 0.15) is 27.9 Å². The maximum atomic E-state index is 12.1. The largest absolute Gasteiger partial charge is 0.358 e. The lowest BCUT2D eigenvalue weighted by molar-refractivity contribution is -0.120. The zero-order valence-corrected chi connectivity index (χ0v) is 14.2. The molecular formula is C20H21N3O. The number of para-hydroxylation sites is 1. The number of hydrazone groups is 1. The molecule has 0 aliphatic carbocycles. The van der Waals surface area contributed by atoms with Gasteiger partial charge in [0, 0.05) is 22.2 Å². The molecule has 4 heteroatoms. The summed E-state index contributed by atoms with van der Waals surface area (Å²) in [6, 6.07) is 14.1. The number of carbonyl (C=O) groups excluding carboxylic acids is 1. The van der Waals surface area contributed by atoms with E-state index in [1.54, 1.807) is 6.21 Å². The summed E-state index contributed by atoms with van der Waals surface area (Å²) in [5, 5.41) is 5.22. The Bertz CT molecular complexity index is 922. The molecule has 0 atom stereocenters. The zero-order chi connectivity index (χ0) is 17.1. The van der Waals surface area contributed by atoms with E-state index in [2.05, 4.69) is 29.4 Å². The third-order valence-electron chi connectivity index (χ3n) is 4.26. The predicted octanol–water partition coefficient (Wildman–Crippen LogP) is 3.79. The molecule has 0 radical (unpaired) electrons. The Kier molecular flexibility index (Phi) is 4.47. The van der Waals surface area contributed by atoms with Gasteiger partial charge in [-0.3, -0.25) is 4.79 Å². The minimum absolute atomic E-state index is 0.119. The number of benzene rings is 2. The fourth-order valence-corrected chi connectivity index (χ4v) is 2.77. The molecule has 0 bridgehead atoms. The van der Waals surface area contributed by atoms with Crippen molar-refractivity contribution in [1.29, 1.82) is 0 Å². The van der Waals surface area contributed by atoms with Crippen LogP contribution in [0.5, 0.6) is 0 Å². The van der Waals surface area contributed by atoms with Crippen molar-refractivity contribution in [3.63, 3.8) is 0 Å². The van der Waals surface area contributed by atoms with Crippen LogP contribution in [0.25, 0.3) is 10.9 Å². The highest BCUT2D eigenvalue weighted by Crippen LogP contribution is 2.19. The minimum atomic E-state index is -0.119. The normalized spacial score (nSPS) is 11.3. The van der Waals surface area contributed by atoms with Gasteiger partial charge in [-0.2, -0.15) is 5.10 Å². The van der Waals surface area contributed by atoms with E-state index in [0.29, 0.717) is 6.42 Å². The van der Waals surface area contributed by atoms with Gasteiger partial charge in [0.2, 0.25) is 5.91 Å². The average molecular weight is 319 g/mol. The van der Waals surface area contributed by atoms with Crippen molar-refractivity contribution >= 4 is 23.0 Å². The second kappa shape index (κ2) is 6.71. The van der Waals surface area contributed by atoms with Crippen molar-refractivity contribution < 1.29 is 4.79 Å². The van der Waals surface area contributed by atoms with Crippen LogP contribution < -0.4 is 5.43 Å². The van der Waals surface area contributed by atoms with Crippen molar-refractivity contribution in [3.8, 4) is 0 Å². The number of aromatic amines is 1. The lowest BCUT2D eigenvalue weighted by Crippen LogP contribution is -2.19. The Labute approximate surface area is 141 Å². The van der Waals surface area contributed by atoms with Crippen molar-refractivity contribution in [2.24, 2.45) is 5.10 Å². The Morgan fingerprint density at radius 3 is 2.71 bits per heavy atom. The highest BCUT2D eigenvalue weighted by Gasteiger charge is 2.06. The molecule has 0 fully saturated rings. The average Bonchev–Trinajstić information content (AvgIpc) is 2.87. The van der Waals surface area contributed by atoms with Crippen LogP contribution in [0.3, 0.4) is 0 Å². The molecule has 0 aliphatic heterocycles. The van der Waals surface area contributed by atoms with Gasteiger partial charge in [0.1, 0.15) is 0 Å². The molecule has 1 heterocycles. The summed E-state index contributed by atoms with van der Waals surface area (Å²) in [6.07, 6.45) is 2.03. The van der Waals surface area contributed by atoms with Gasteiger partial charge in [-0.1, -0.05) is 36.4 Å². The number of carbonyl (C=O) groups is 1. The van der Waals surface area contributed by atoms with Crippen LogP contribution in [0.2, 0.25) is 0 Å². The van der Waals surface area contributed by atoms with Gasteiger partial charge in [-0.05, 0) is 43.5 Å². The third-order valence-corrected chi connectivity index (χ3v) is 4.26. The molecule has 3 aromatic rings. The number of fused-ring (bicyclic) bond motifs is 1. The van der Waals surface area contributed by atoms with Gasteiger partial charge in [0.25, 0.3) is 0 Å². The fourth-order valence-electron chi connectivity index (χ4n) is 2.77. The van der Waals surface area contributed by atoms with Crippen LogP contribution in [0.15, 0.2) is 47.6 Å². The topological polar surface area (TPSA) is 57.2 Å². The molecule has 0 saturated carbocycles. The van der Waals surface area contributed by atoms with Crippen LogP contribution in [-0.4, -0.2) is 17.1 Å². The smallest absolute Gasteiger partial charge is 0.244 e. The molecule has 0 unspecified atom stereocenters. The van der Waals surface area contributed by atoms with Gasteiger partial charge >= 0.3 is 0 Å². The fraction of sp³-hybridized carbons (Fsp3) is 0.200. The standard InChI is InChI=1S/C20H21N3O/c1-13-8-9-16(10-14(13)2)11-20(24)23-21-12-18-15(3)22-19-7-5-4-6-17(18)19/h4-10,12,22H,11H2,1-3H3,(H,23,24)/b21-12-. The van der Waals surface area contributed by atoms with Gasteiger partial charge < -0.3 is 4.98 Å². The predicted molar refractivity (Wildman–Crippen MR) is 98.4 cm³/mol. The summed E-state index contributed by atoms with van der Waals surface area (Å²) in [7, 11) is 0. The number of hydrogen-bond acceptors (Lipinski definition) is 2. The van der Waals surface area contributed by atoms with Crippen molar-refractivity contribution in [2.45, 2.75) is 27.2 Å². The summed E-state index contributed by atoms with van der Waals surface area (Å²) >= 11 is 0. The summed E-state index contributed by atoms with van der Waals surface area (Å²) in [5.74, 6) is -0.119. The van der Waals surface area contributed by atoms with E-state index in [0.717, 1.165) is 27.7 Å². The summed E-state index contributed by atoms with van der Waals surface area (Å²) < 4.78 is 0. The van der Waals surface area contributed by atoms with E-state index in [1.165, 1.54) is 11.1 Å². The zero-order valence-electron chi connectivity index (χ0n) is 14.2. The molecule has 1 aromatic heterocycles. The second-order valence-corrected chi connectivity index (χ2v) is 6.10. The summed E-state index contributed by atoms with van der Waals surface area (Å²) in [5.41, 5.74) is 9.12. The first-order valence-corrected chi connectivity index (χ1v) is 8.00. The van der Waals surface area contributed by atoms with Crippen molar-refractivity contribution in [1.82, 2.24) is 10.4 Å². The highest BCUT2D eigenvalue weighted by molar-refractivity contribution is 6.00. The van der Waals surface area contributed by atoms with E-state index in [9.17, 15) is 4.79 Å². The molecule has 24 heavy (non-hydrogen) atoms. The van der Waals surface area contributed by atoms with Gasteiger partial charge in [-0.15, -0.1) is 0 Å². The molecule has 3 rings (SSSR count). The molecule has 122 valence electrons. The number of aryl methyl sites for hydroxylation is 3. The number of nitrogens with zero attached hydrogens (tertiary/aromatic N) is 1. The number of H-pyrrole nitrogens is 1.